The van der Waals surface area contributed by atoms with E-state index in [-0.39, 0.29) is 17.3 Å². The number of halogens is 1. The standard InChI is InChI=1S/C24H27FN4O2S/c1-14-15(2)27-28(4)23(30)20(14)22-26-16(3)21(32-22)24(31)29-10-8-17(9-11-29)12-18-6-5-7-19(25)13-18/h5-7,13,17H,8-12H2,1-4H3. The Bertz CT molecular complexity index is 1230. The van der Waals surface area contributed by atoms with Crippen LogP contribution in [0.3, 0.4) is 0 Å². The Kier molecular flexibility index (Phi) is 6.24. The molecule has 0 bridgehead atoms. The Labute approximate surface area is 190 Å². The zero-order valence-electron chi connectivity index (χ0n) is 18.8. The molecule has 0 spiro atoms. The summed E-state index contributed by atoms with van der Waals surface area (Å²) in [6, 6.07) is 6.75. The Morgan fingerprint density at radius 2 is 1.91 bits per heavy atom. The topological polar surface area (TPSA) is 68.1 Å². The SMILES string of the molecule is Cc1nc(-c2c(C)c(C)nn(C)c2=O)sc1C(=O)N1CCC(Cc2cccc(F)c2)CC1. The van der Waals surface area contributed by atoms with Crippen LogP contribution in [0.25, 0.3) is 10.6 Å². The van der Waals surface area contributed by atoms with Crippen LogP contribution in [-0.2, 0) is 13.5 Å². The van der Waals surface area contributed by atoms with Crippen LogP contribution in [0.4, 0.5) is 4.39 Å². The number of likely N-dealkylation sites (tertiary alicyclic amines) is 1. The lowest BCUT2D eigenvalue weighted by atomic mass is 9.90. The summed E-state index contributed by atoms with van der Waals surface area (Å²) in [4.78, 5) is 32.9. The van der Waals surface area contributed by atoms with Crippen molar-refractivity contribution in [2.45, 2.75) is 40.0 Å². The van der Waals surface area contributed by atoms with Gasteiger partial charge in [-0.05, 0) is 69.2 Å². The Morgan fingerprint density at radius 1 is 1.19 bits per heavy atom. The Balaban J connectivity index is 1.49. The molecular formula is C24H27FN4O2S. The number of carbonyl (C=O) groups excluding carboxylic acids is 1. The van der Waals surface area contributed by atoms with Gasteiger partial charge in [0.15, 0.2) is 0 Å². The average molecular weight is 455 g/mol. The molecule has 1 saturated heterocycles. The predicted molar refractivity (Wildman–Crippen MR) is 124 cm³/mol. The number of rotatable bonds is 4. The number of hydrogen-bond donors (Lipinski definition) is 0. The van der Waals surface area contributed by atoms with Gasteiger partial charge in [-0.15, -0.1) is 11.3 Å². The van der Waals surface area contributed by atoms with E-state index in [2.05, 4.69) is 10.1 Å². The summed E-state index contributed by atoms with van der Waals surface area (Å²) in [6.45, 7) is 6.87. The number of piperidine rings is 1. The summed E-state index contributed by atoms with van der Waals surface area (Å²) in [7, 11) is 1.62. The quantitative estimate of drug-likeness (QED) is 0.596. The second kappa shape index (κ2) is 8.94. The zero-order valence-corrected chi connectivity index (χ0v) is 19.6. The first-order valence-corrected chi connectivity index (χ1v) is 11.6. The molecule has 6 nitrogen and oxygen atoms in total. The van der Waals surface area contributed by atoms with Gasteiger partial charge in [0.1, 0.15) is 15.7 Å². The van der Waals surface area contributed by atoms with E-state index in [0.717, 1.165) is 36.1 Å². The monoisotopic (exact) mass is 454 g/mol. The molecular weight excluding hydrogens is 427 g/mol. The van der Waals surface area contributed by atoms with Crippen molar-refractivity contribution in [3.8, 4) is 10.6 Å². The van der Waals surface area contributed by atoms with Gasteiger partial charge in [-0.25, -0.2) is 14.1 Å². The minimum atomic E-state index is -0.209. The number of nitrogens with zero attached hydrogens (tertiary/aromatic N) is 4. The number of amides is 1. The molecule has 2 aromatic heterocycles. The van der Waals surface area contributed by atoms with E-state index in [0.29, 0.717) is 40.1 Å². The van der Waals surface area contributed by atoms with Gasteiger partial charge < -0.3 is 4.90 Å². The lowest BCUT2D eigenvalue weighted by molar-refractivity contribution is 0.0694. The molecule has 0 atom stereocenters. The third kappa shape index (κ3) is 4.37. The zero-order chi connectivity index (χ0) is 23.0. The van der Waals surface area contributed by atoms with Crippen molar-refractivity contribution < 1.29 is 9.18 Å². The number of carbonyl (C=O) groups is 1. The molecule has 32 heavy (non-hydrogen) atoms. The van der Waals surface area contributed by atoms with Gasteiger partial charge in [-0.3, -0.25) is 9.59 Å². The molecule has 1 aliphatic heterocycles. The Morgan fingerprint density at radius 3 is 2.59 bits per heavy atom. The van der Waals surface area contributed by atoms with Gasteiger partial charge >= 0.3 is 0 Å². The molecule has 1 amide bonds. The van der Waals surface area contributed by atoms with Crippen LogP contribution in [0.5, 0.6) is 0 Å². The first-order valence-electron chi connectivity index (χ1n) is 10.8. The van der Waals surface area contributed by atoms with Crippen LogP contribution in [-0.4, -0.2) is 38.7 Å². The molecule has 1 aromatic carbocycles. The van der Waals surface area contributed by atoms with Crippen LogP contribution in [0, 0.1) is 32.5 Å². The first kappa shape index (κ1) is 22.3. The third-order valence-corrected chi connectivity index (χ3v) is 7.41. The summed E-state index contributed by atoms with van der Waals surface area (Å²) in [5.74, 6) is 0.196. The van der Waals surface area contributed by atoms with E-state index in [1.54, 1.807) is 19.2 Å². The molecule has 1 aliphatic rings. The first-order chi connectivity index (χ1) is 15.2. The van der Waals surface area contributed by atoms with Crippen molar-refractivity contribution in [1.82, 2.24) is 19.7 Å². The fourth-order valence-electron chi connectivity index (χ4n) is 4.28. The highest BCUT2D eigenvalue weighted by Crippen LogP contribution is 2.31. The van der Waals surface area contributed by atoms with Crippen LogP contribution < -0.4 is 5.56 Å². The van der Waals surface area contributed by atoms with Crippen LogP contribution in [0.2, 0.25) is 0 Å². The summed E-state index contributed by atoms with van der Waals surface area (Å²) < 4.78 is 14.8. The molecule has 3 aromatic rings. The number of thiazole rings is 1. The number of benzene rings is 1. The number of hydrogen-bond acceptors (Lipinski definition) is 5. The van der Waals surface area contributed by atoms with Gasteiger partial charge in [-0.1, -0.05) is 12.1 Å². The smallest absolute Gasteiger partial charge is 0.277 e. The van der Waals surface area contributed by atoms with Crippen molar-refractivity contribution >= 4 is 17.2 Å². The van der Waals surface area contributed by atoms with Crippen molar-refractivity contribution in [3.63, 3.8) is 0 Å². The maximum Gasteiger partial charge on any atom is 0.277 e. The molecule has 4 rings (SSSR count). The van der Waals surface area contributed by atoms with Gasteiger partial charge in [0.25, 0.3) is 11.5 Å². The lowest BCUT2D eigenvalue weighted by Gasteiger charge is -2.32. The van der Waals surface area contributed by atoms with E-state index in [9.17, 15) is 14.0 Å². The molecule has 8 heteroatoms. The van der Waals surface area contributed by atoms with Crippen LogP contribution in [0.1, 0.15) is 45.0 Å². The number of aromatic nitrogens is 3. The highest BCUT2D eigenvalue weighted by atomic mass is 32.1. The highest BCUT2D eigenvalue weighted by Gasteiger charge is 2.28. The van der Waals surface area contributed by atoms with E-state index < -0.39 is 0 Å². The normalized spacial score (nSPS) is 14.7. The molecule has 1 fully saturated rings. The molecule has 0 saturated carbocycles. The van der Waals surface area contributed by atoms with Crippen molar-refractivity contribution in [2.24, 2.45) is 13.0 Å². The highest BCUT2D eigenvalue weighted by molar-refractivity contribution is 7.17. The van der Waals surface area contributed by atoms with Crippen molar-refractivity contribution in [1.29, 1.82) is 0 Å². The minimum absolute atomic E-state index is 0.0317. The van der Waals surface area contributed by atoms with E-state index in [1.165, 1.54) is 22.1 Å². The third-order valence-electron chi connectivity index (χ3n) is 6.25. The lowest BCUT2D eigenvalue weighted by Crippen LogP contribution is -2.38. The molecule has 0 radical (unpaired) electrons. The number of aryl methyl sites for hydroxylation is 3. The van der Waals surface area contributed by atoms with Gasteiger partial charge in [0.2, 0.25) is 0 Å². The average Bonchev–Trinajstić information content (AvgIpc) is 3.13. The minimum Gasteiger partial charge on any atom is -0.338 e. The molecule has 168 valence electrons. The van der Waals surface area contributed by atoms with Gasteiger partial charge in [0, 0.05) is 20.1 Å². The fraction of sp³-hybridized carbons (Fsp3) is 0.417. The van der Waals surface area contributed by atoms with Crippen LogP contribution >= 0.6 is 11.3 Å². The van der Waals surface area contributed by atoms with Gasteiger partial charge in [-0.2, -0.15) is 5.10 Å². The summed E-state index contributed by atoms with van der Waals surface area (Å²) >= 11 is 1.28. The molecule has 0 unspecified atom stereocenters. The second-order valence-corrected chi connectivity index (χ2v) is 9.52. The van der Waals surface area contributed by atoms with E-state index in [4.69, 9.17) is 0 Å². The second-order valence-electron chi connectivity index (χ2n) is 8.52. The predicted octanol–water partition coefficient (Wildman–Crippen LogP) is 4.06. The maximum absolute atomic E-state index is 13.5. The van der Waals surface area contributed by atoms with Crippen molar-refractivity contribution in [3.05, 3.63) is 67.8 Å². The summed E-state index contributed by atoms with van der Waals surface area (Å²) in [5.41, 5.74) is 3.51. The summed E-state index contributed by atoms with van der Waals surface area (Å²) in [5, 5.41) is 4.79. The van der Waals surface area contributed by atoms with E-state index >= 15 is 0 Å². The molecule has 0 N–H and O–H groups in total. The fourth-order valence-corrected chi connectivity index (χ4v) is 5.41. The van der Waals surface area contributed by atoms with Crippen LogP contribution in [0.15, 0.2) is 29.1 Å². The molecule has 3 heterocycles. The summed E-state index contributed by atoms with van der Waals surface area (Å²) in [6.07, 6.45) is 2.60. The van der Waals surface area contributed by atoms with E-state index in [1.807, 2.05) is 31.7 Å². The van der Waals surface area contributed by atoms with Gasteiger partial charge in [0.05, 0.1) is 17.0 Å². The Hall–Kier alpha value is -2.87. The largest absolute Gasteiger partial charge is 0.338 e. The van der Waals surface area contributed by atoms with Crippen molar-refractivity contribution in [2.75, 3.05) is 13.1 Å². The maximum atomic E-state index is 13.5. The molecule has 0 aliphatic carbocycles.